The van der Waals surface area contributed by atoms with Crippen LogP contribution in [0.3, 0.4) is 0 Å². The second-order valence-corrected chi connectivity index (χ2v) is 11.4. The fraction of sp³-hybridized carbons (Fsp3) is 0.423. The first-order valence-electron chi connectivity index (χ1n) is 11.5. The number of nitrogens with zero attached hydrogens (tertiary/aromatic N) is 1. The first kappa shape index (κ1) is 24.3. The van der Waals surface area contributed by atoms with Crippen molar-refractivity contribution >= 4 is 29.5 Å². The zero-order valence-electron chi connectivity index (χ0n) is 19.8. The van der Waals surface area contributed by atoms with Gasteiger partial charge in [-0.25, -0.2) is 0 Å². The second-order valence-electron chi connectivity index (χ2n) is 9.67. The van der Waals surface area contributed by atoms with Crippen molar-refractivity contribution < 1.29 is 19.5 Å². The Morgan fingerprint density at radius 2 is 1.71 bits per heavy atom. The van der Waals surface area contributed by atoms with Crippen LogP contribution in [0.15, 0.2) is 54.6 Å². The Kier molecular flexibility index (Phi) is 6.73. The van der Waals surface area contributed by atoms with Crippen molar-refractivity contribution in [1.29, 1.82) is 0 Å². The molecule has 1 fully saturated rings. The third kappa shape index (κ3) is 4.32. The van der Waals surface area contributed by atoms with Crippen molar-refractivity contribution in [3.05, 3.63) is 71.3 Å². The van der Waals surface area contributed by atoms with Gasteiger partial charge in [0.15, 0.2) is 0 Å². The third-order valence-electron chi connectivity index (χ3n) is 6.56. The number of aliphatic hydroxyl groups excluding tert-OH is 1. The predicted octanol–water partition coefficient (Wildman–Crippen LogP) is 3.03. The number of benzene rings is 2. The quantitative estimate of drug-likeness (QED) is 0.565. The van der Waals surface area contributed by atoms with Gasteiger partial charge in [-0.05, 0) is 37.0 Å². The lowest BCUT2D eigenvalue weighted by Gasteiger charge is -2.31. The van der Waals surface area contributed by atoms with Gasteiger partial charge in [-0.15, -0.1) is 11.8 Å². The number of thioether (sulfide) groups is 1. The first-order valence-corrected chi connectivity index (χ1v) is 12.4. The number of fused-ring (bicyclic) bond motifs is 3. The Balaban J connectivity index is 1.62. The molecule has 4 rings (SSSR count). The van der Waals surface area contributed by atoms with Crippen molar-refractivity contribution in [2.45, 2.75) is 55.9 Å². The van der Waals surface area contributed by atoms with Gasteiger partial charge in [0, 0.05) is 10.3 Å². The summed E-state index contributed by atoms with van der Waals surface area (Å²) in [4.78, 5) is 41.9. The molecule has 2 aromatic carbocycles. The van der Waals surface area contributed by atoms with E-state index in [0.717, 1.165) is 5.56 Å². The standard InChI is InChI=1S/C26H31N3O4S/c1-15(2)19(14-30)27-22(31)20(16-10-6-5-7-11-16)28-23(32)21-26(3,4)34-25-18-13-9-8-12-17(18)24(33)29(21)25/h5-13,15,19-21,25,30H,14H2,1-4H3,(H,27,31)(H,28,32)/t19-,20+,21-,25+/m1/s1. The zero-order chi connectivity index (χ0) is 24.6. The van der Waals surface area contributed by atoms with Crippen molar-refractivity contribution in [2.75, 3.05) is 6.61 Å². The van der Waals surface area contributed by atoms with Gasteiger partial charge in [-0.1, -0.05) is 62.4 Å². The van der Waals surface area contributed by atoms with E-state index in [0.29, 0.717) is 11.1 Å². The lowest BCUT2D eigenvalue weighted by Crippen LogP contribution is -2.55. The molecule has 0 unspecified atom stereocenters. The summed E-state index contributed by atoms with van der Waals surface area (Å²) in [5.41, 5.74) is 2.17. The maximum atomic E-state index is 13.7. The molecular weight excluding hydrogens is 450 g/mol. The highest BCUT2D eigenvalue weighted by molar-refractivity contribution is 8.01. The van der Waals surface area contributed by atoms with Crippen molar-refractivity contribution in [2.24, 2.45) is 5.92 Å². The monoisotopic (exact) mass is 481 g/mol. The molecular formula is C26H31N3O4S. The molecule has 0 bridgehead atoms. The van der Waals surface area contributed by atoms with Gasteiger partial charge in [0.25, 0.3) is 5.91 Å². The normalized spacial score (nSPS) is 22.2. The average Bonchev–Trinajstić information content (AvgIpc) is 3.24. The third-order valence-corrected chi connectivity index (χ3v) is 8.09. The molecule has 2 heterocycles. The number of carbonyl (C=O) groups is 3. The number of rotatable bonds is 7. The van der Waals surface area contributed by atoms with Crippen LogP contribution in [0.2, 0.25) is 0 Å². The lowest BCUT2D eigenvalue weighted by atomic mass is 9.98. The summed E-state index contributed by atoms with van der Waals surface area (Å²) < 4.78 is -0.554. The Morgan fingerprint density at radius 1 is 1.06 bits per heavy atom. The second kappa shape index (κ2) is 9.43. The molecule has 1 saturated heterocycles. The number of carbonyl (C=O) groups excluding carboxylic acids is 3. The Bertz CT molecular complexity index is 1090. The van der Waals surface area contributed by atoms with Crippen molar-refractivity contribution in [1.82, 2.24) is 15.5 Å². The van der Waals surface area contributed by atoms with Gasteiger partial charge >= 0.3 is 0 Å². The zero-order valence-corrected chi connectivity index (χ0v) is 20.6. The van der Waals surface area contributed by atoms with Crippen LogP contribution in [-0.4, -0.2) is 51.2 Å². The highest BCUT2D eigenvalue weighted by Crippen LogP contribution is 2.56. The molecule has 0 radical (unpaired) electrons. The number of aliphatic hydroxyl groups is 1. The molecule has 180 valence electrons. The topological polar surface area (TPSA) is 98.7 Å². The van der Waals surface area contributed by atoms with Crippen LogP contribution in [0.25, 0.3) is 0 Å². The largest absolute Gasteiger partial charge is 0.394 e. The molecule has 0 aromatic heterocycles. The summed E-state index contributed by atoms with van der Waals surface area (Å²) in [6, 6.07) is 14.3. The van der Waals surface area contributed by atoms with Crippen LogP contribution in [0.5, 0.6) is 0 Å². The van der Waals surface area contributed by atoms with E-state index >= 15 is 0 Å². The van der Waals surface area contributed by atoms with Crippen LogP contribution in [0.4, 0.5) is 0 Å². The molecule has 2 aliphatic heterocycles. The molecule has 8 heteroatoms. The minimum Gasteiger partial charge on any atom is -0.394 e. The van der Waals surface area contributed by atoms with Crippen molar-refractivity contribution in [3.8, 4) is 0 Å². The minimum absolute atomic E-state index is 0.0210. The van der Waals surface area contributed by atoms with E-state index in [9.17, 15) is 19.5 Å². The summed E-state index contributed by atoms with van der Waals surface area (Å²) in [6.07, 6.45) is 0. The van der Waals surface area contributed by atoms with E-state index in [2.05, 4.69) is 10.6 Å². The Morgan fingerprint density at radius 3 is 2.35 bits per heavy atom. The van der Waals surface area contributed by atoms with E-state index in [-0.39, 0.29) is 29.7 Å². The Hall–Kier alpha value is -2.84. The van der Waals surface area contributed by atoms with Crippen LogP contribution in [0.1, 0.15) is 60.6 Å². The molecule has 7 nitrogen and oxygen atoms in total. The van der Waals surface area contributed by atoms with Crippen molar-refractivity contribution in [3.63, 3.8) is 0 Å². The van der Waals surface area contributed by atoms with E-state index < -0.39 is 28.8 Å². The summed E-state index contributed by atoms with van der Waals surface area (Å²) in [6.45, 7) is 7.52. The smallest absolute Gasteiger partial charge is 0.256 e. The fourth-order valence-corrected chi connectivity index (χ4v) is 6.25. The number of nitrogens with one attached hydrogen (secondary N) is 2. The highest BCUT2D eigenvalue weighted by Gasteiger charge is 2.57. The highest BCUT2D eigenvalue weighted by atomic mass is 32.2. The predicted molar refractivity (Wildman–Crippen MR) is 132 cm³/mol. The van der Waals surface area contributed by atoms with Gasteiger partial charge in [0.05, 0.1) is 12.6 Å². The maximum absolute atomic E-state index is 13.7. The number of hydrogen-bond acceptors (Lipinski definition) is 5. The van der Waals surface area contributed by atoms with Gasteiger partial charge in [0.1, 0.15) is 17.5 Å². The molecule has 2 aromatic rings. The summed E-state index contributed by atoms with van der Waals surface area (Å²) in [5.74, 6) is -0.925. The van der Waals surface area contributed by atoms with Gasteiger partial charge < -0.3 is 20.6 Å². The molecule has 0 saturated carbocycles. The summed E-state index contributed by atoms with van der Waals surface area (Å²) >= 11 is 1.58. The van der Waals surface area contributed by atoms with E-state index in [1.54, 1.807) is 47.0 Å². The summed E-state index contributed by atoms with van der Waals surface area (Å²) in [7, 11) is 0. The van der Waals surface area contributed by atoms with Gasteiger partial charge in [-0.3, -0.25) is 14.4 Å². The van der Waals surface area contributed by atoms with Crippen LogP contribution in [0, 0.1) is 5.92 Å². The molecule has 0 spiro atoms. The lowest BCUT2D eigenvalue weighted by molar-refractivity contribution is -0.132. The van der Waals surface area contributed by atoms with Crippen LogP contribution < -0.4 is 10.6 Å². The maximum Gasteiger partial charge on any atom is 0.256 e. The molecule has 3 amide bonds. The number of amides is 3. The van der Waals surface area contributed by atoms with Gasteiger partial charge in [0.2, 0.25) is 11.8 Å². The molecule has 4 atom stereocenters. The fourth-order valence-electron chi connectivity index (χ4n) is 4.66. The van der Waals surface area contributed by atoms with Crippen LogP contribution >= 0.6 is 11.8 Å². The molecule has 0 aliphatic carbocycles. The molecule has 3 N–H and O–H groups in total. The molecule has 34 heavy (non-hydrogen) atoms. The number of hydrogen-bond donors (Lipinski definition) is 3. The first-order chi connectivity index (χ1) is 16.2. The van der Waals surface area contributed by atoms with Crippen LogP contribution in [-0.2, 0) is 9.59 Å². The average molecular weight is 482 g/mol. The van der Waals surface area contributed by atoms with Gasteiger partial charge in [-0.2, -0.15) is 0 Å². The SMILES string of the molecule is CC(C)[C@@H](CO)NC(=O)[C@@H](NC(=O)[C@H]1N2C(=O)c3ccccc3[C@@H]2SC1(C)C)c1ccccc1. The minimum atomic E-state index is -0.957. The molecule has 2 aliphatic rings. The van der Waals surface area contributed by atoms with E-state index in [1.807, 2.05) is 52.0 Å². The van der Waals surface area contributed by atoms with E-state index in [1.165, 1.54) is 0 Å². The Labute approximate surface area is 204 Å². The summed E-state index contributed by atoms with van der Waals surface area (Å²) in [5, 5.41) is 15.2. The van der Waals surface area contributed by atoms with E-state index in [4.69, 9.17) is 0 Å².